The molecule has 0 bridgehead atoms. The van der Waals surface area contributed by atoms with Crippen molar-refractivity contribution in [1.82, 2.24) is 10.3 Å². The summed E-state index contributed by atoms with van der Waals surface area (Å²) in [5, 5.41) is 4.80. The first-order valence-electron chi connectivity index (χ1n) is 6.43. The van der Waals surface area contributed by atoms with Crippen LogP contribution < -0.4 is 5.32 Å². The topological polar surface area (TPSA) is 24.9 Å². The third kappa shape index (κ3) is 3.77. The van der Waals surface area contributed by atoms with E-state index in [4.69, 9.17) is 0 Å². The number of rotatable bonds is 4. The average Bonchev–Trinajstić information content (AvgIpc) is 2.69. The Morgan fingerprint density at radius 3 is 2.26 bits per heavy atom. The summed E-state index contributed by atoms with van der Waals surface area (Å²) in [6, 6.07) is 9.37. The Balaban J connectivity index is 2.08. The van der Waals surface area contributed by atoms with E-state index >= 15 is 0 Å². The van der Waals surface area contributed by atoms with Crippen LogP contribution >= 0.6 is 33.9 Å². The second-order valence-corrected chi connectivity index (χ2v) is 7.32. The number of nitrogens with one attached hydrogen (secondary N) is 1. The van der Waals surface area contributed by atoms with Crippen molar-refractivity contribution < 1.29 is 0 Å². The molecular weight excluding hydrogens is 367 g/mol. The fourth-order valence-electron chi connectivity index (χ4n) is 2.25. The minimum atomic E-state index is 0.334. The highest BCUT2D eigenvalue weighted by molar-refractivity contribution is 14.1. The molecule has 2 unspecified atom stereocenters. The Morgan fingerprint density at radius 2 is 1.74 bits per heavy atom. The van der Waals surface area contributed by atoms with Crippen molar-refractivity contribution in [3.05, 3.63) is 49.0 Å². The van der Waals surface area contributed by atoms with Crippen molar-refractivity contribution in [2.24, 2.45) is 0 Å². The summed E-state index contributed by atoms with van der Waals surface area (Å²) in [5.41, 5.74) is 2.48. The maximum Gasteiger partial charge on any atom is 0.0900 e. The Morgan fingerprint density at radius 1 is 1.11 bits per heavy atom. The van der Waals surface area contributed by atoms with E-state index in [0.717, 1.165) is 10.7 Å². The van der Waals surface area contributed by atoms with E-state index in [9.17, 15) is 0 Å². The molecule has 0 aliphatic rings. The van der Waals surface area contributed by atoms with Crippen LogP contribution in [0.25, 0.3) is 0 Å². The lowest BCUT2D eigenvalue weighted by atomic mass is 10.1. The first-order valence-corrected chi connectivity index (χ1v) is 8.32. The first kappa shape index (κ1) is 14.9. The summed E-state index contributed by atoms with van der Waals surface area (Å²) < 4.78 is 1.27. The number of benzene rings is 1. The molecule has 1 aromatic heterocycles. The smallest absolute Gasteiger partial charge is 0.0900 e. The molecule has 0 radical (unpaired) electrons. The van der Waals surface area contributed by atoms with E-state index in [1.54, 1.807) is 11.3 Å². The summed E-state index contributed by atoms with van der Waals surface area (Å²) in [4.78, 5) is 5.84. The first-order chi connectivity index (χ1) is 8.97. The standard InChI is InChI=1S/C15H19IN2S/c1-9(13-5-7-14(16)8-6-13)17-10(2)15-11(3)18-12(4)19-15/h5-10,17H,1-4H3. The van der Waals surface area contributed by atoms with Crippen molar-refractivity contribution in [3.8, 4) is 0 Å². The number of aromatic nitrogens is 1. The molecule has 0 amide bonds. The van der Waals surface area contributed by atoms with Gasteiger partial charge in [-0.15, -0.1) is 11.3 Å². The summed E-state index contributed by atoms with van der Waals surface area (Å²) in [6.07, 6.45) is 0. The van der Waals surface area contributed by atoms with Crippen LogP contribution in [0.1, 0.15) is 47.1 Å². The molecule has 2 aromatic rings. The van der Waals surface area contributed by atoms with Gasteiger partial charge in [-0.1, -0.05) is 12.1 Å². The second kappa shape index (κ2) is 6.33. The predicted octanol–water partition coefficient (Wildman–Crippen LogP) is 4.78. The van der Waals surface area contributed by atoms with Gasteiger partial charge in [-0.3, -0.25) is 0 Å². The molecule has 2 rings (SSSR count). The Hall–Kier alpha value is -0.460. The van der Waals surface area contributed by atoms with E-state index in [2.05, 4.69) is 84.9 Å². The molecule has 0 saturated carbocycles. The Labute approximate surface area is 132 Å². The van der Waals surface area contributed by atoms with Crippen LogP contribution in [-0.2, 0) is 0 Å². The number of hydrogen-bond acceptors (Lipinski definition) is 3. The zero-order valence-corrected chi connectivity index (χ0v) is 14.7. The van der Waals surface area contributed by atoms with Gasteiger partial charge in [-0.25, -0.2) is 4.98 Å². The number of thiazole rings is 1. The number of hydrogen-bond donors (Lipinski definition) is 1. The molecule has 4 heteroatoms. The van der Waals surface area contributed by atoms with E-state index in [1.807, 2.05) is 0 Å². The van der Waals surface area contributed by atoms with Gasteiger partial charge in [0.2, 0.25) is 0 Å². The fraction of sp³-hybridized carbons (Fsp3) is 0.400. The van der Waals surface area contributed by atoms with Crippen molar-refractivity contribution >= 4 is 33.9 Å². The molecular formula is C15H19IN2S. The van der Waals surface area contributed by atoms with Gasteiger partial charge < -0.3 is 5.32 Å². The molecule has 0 spiro atoms. The Kier molecular flexibility index (Phi) is 4.97. The molecule has 1 heterocycles. The van der Waals surface area contributed by atoms with Gasteiger partial charge in [0.1, 0.15) is 0 Å². The fourth-order valence-corrected chi connectivity index (χ4v) is 3.55. The zero-order chi connectivity index (χ0) is 14.0. The summed E-state index contributed by atoms with van der Waals surface area (Å²) in [7, 11) is 0. The van der Waals surface area contributed by atoms with E-state index in [1.165, 1.54) is 14.0 Å². The normalized spacial score (nSPS) is 14.4. The monoisotopic (exact) mass is 386 g/mol. The minimum Gasteiger partial charge on any atom is -0.303 e. The van der Waals surface area contributed by atoms with Crippen LogP contribution in [0.2, 0.25) is 0 Å². The van der Waals surface area contributed by atoms with Crippen molar-refractivity contribution in [1.29, 1.82) is 0 Å². The average molecular weight is 386 g/mol. The third-order valence-corrected chi connectivity index (χ3v) is 5.18. The Bertz CT molecular complexity index is 548. The summed E-state index contributed by atoms with van der Waals surface area (Å²) >= 11 is 4.12. The molecule has 2 nitrogen and oxygen atoms in total. The maximum atomic E-state index is 4.50. The van der Waals surface area contributed by atoms with Crippen molar-refractivity contribution in [2.45, 2.75) is 39.8 Å². The molecule has 0 aliphatic heterocycles. The highest BCUT2D eigenvalue weighted by Gasteiger charge is 2.15. The molecule has 102 valence electrons. The number of nitrogens with zero attached hydrogens (tertiary/aromatic N) is 1. The van der Waals surface area contributed by atoms with Gasteiger partial charge >= 0.3 is 0 Å². The molecule has 0 saturated heterocycles. The van der Waals surface area contributed by atoms with Gasteiger partial charge in [0, 0.05) is 20.5 Å². The third-order valence-electron chi connectivity index (χ3n) is 3.20. The highest BCUT2D eigenvalue weighted by Crippen LogP contribution is 2.27. The second-order valence-electron chi connectivity index (χ2n) is 4.84. The van der Waals surface area contributed by atoms with Crippen LogP contribution in [0.4, 0.5) is 0 Å². The number of aryl methyl sites for hydroxylation is 2. The van der Waals surface area contributed by atoms with Gasteiger partial charge in [0.15, 0.2) is 0 Å². The molecule has 0 aliphatic carbocycles. The SMILES string of the molecule is Cc1nc(C)c(C(C)NC(C)c2ccc(I)cc2)s1. The van der Waals surface area contributed by atoms with Crippen LogP contribution in [0.5, 0.6) is 0 Å². The van der Waals surface area contributed by atoms with Gasteiger partial charge in [-0.05, 0) is 68.0 Å². The summed E-state index contributed by atoms with van der Waals surface area (Å²) in [6.45, 7) is 8.58. The zero-order valence-electron chi connectivity index (χ0n) is 11.7. The van der Waals surface area contributed by atoms with Crippen molar-refractivity contribution in [2.75, 3.05) is 0 Å². The largest absolute Gasteiger partial charge is 0.303 e. The van der Waals surface area contributed by atoms with E-state index in [-0.39, 0.29) is 0 Å². The van der Waals surface area contributed by atoms with Crippen LogP contribution in [0.3, 0.4) is 0 Å². The van der Waals surface area contributed by atoms with Gasteiger partial charge in [0.05, 0.1) is 10.7 Å². The minimum absolute atomic E-state index is 0.334. The molecule has 1 aromatic carbocycles. The van der Waals surface area contributed by atoms with Crippen LogP contribution in [0, 0.1) is 17.4 Å². The molecule has 1 N–H and O–H groups in total. The quantitative estimate of drug-likeness (QED) is 0.766. The van der Waals surface area contributed by atoms with Gasteiger partial charge in [0.25, 0.3) is 0 Å². The van der Waals surface area contributed by atoms with Crippen LogP contribution in [0.15, 0.2) is 24.3 Å². The predicted molar refractivity (Wildman–Crippen MR) is 90.7 cm³/mol. The molecule has 0 fully saturated rings. The molecule has 19 heavy (non-hydrogen) atoms. The maximum absolute atomic E-state index is 4.50. The van der Waals surface area contributed by atoms with E-state index < -0.39 is 0 Å². The van der Waals surface area contributed by atoms with Crippen LogP contribution in [-0.4, -0.2) is 4.98 Å². The van der Waals surface area contributed by atoms with Gasteiger partial charge in [-0.2, -0.15) is 0 Å². The lowest BCUT2D eigenvalue weighted by molar-refractivity contribution is 0.498. The van der Waals surface area contributed by atoms with E-state index in [0.29, 0.717) is 12.1 Å². The number of halogens is 1. The lowest BCUT2D eigenvalue weighted by Crippen LogP contribution is -2.22. The lowest BCUT2D eigenvalue weighted by Gasteiger charge is -2.20. The van der Waals surface area contributed by atoms with Crippen molar-refractivity contribution in [3.63, 3.8) is 0 Å². The summed E-state index contributed by atoms with van der Waals surface area (Å²) in [5.74, 6) is 0. The highest BCUT2D eigenvalue weighted by atomic mass is 127. The molecule has 2 atom stereocenters.